The third-order valence-corrected chi connectivity index (χ3v) is 5.19. The maximum Gasteiger partial charge on any atom is 0.156 e. The van der Waals surface area contributed by atoms with Gasteiger partial charge in [-0.3, -0.25) is 4.84 Å². The predicted molar refractivity (Wildman–Crippen MR) is 50.8 cm³/mol. The Morgan fingerprint density at radius 1 is 1.38 bits per heavy atom. The zero-order valence-corrected chi connectivity index (χ0v) is 8.93. The van der Waals surface area contributed by atoms with E-state index in [1.807, 2.05) is 0 Å². The molecular weight excluding hydrogens is 190 g/mol. The van der Waals surface area contributed by atoms with Gasteiger partial charge in [0.25, 0.3) is 0 Å². The summed E-state index contributed by atoms with van der Waals surface area (Å²) in [6, 6.07) is 0. The summed E-state index contributed by atoms with van der Waals surface area (Å²) in [6.45, 7) is 3.45. The van der Waals surface area contributed by atoms with E-state index in [4.69, 9.17) is 10.7 Å². The molecule has 0 bridgehead atoms. The quantitative estimate of drug-likeness (QED) is 0.674. The van der Waals surface area contributed by atoms with Crippen molar-refractivity contribution >= 4 is 9.84 Å². The van der Waals surface area contributed by atoms with E-state index >= 15 is 0 Å². The fourth-order valence-electron chi connectivity index (χ4n) is 1.81. The number of rotatable bonds is 2. The summed E-state index contributed by atoms with van der Waals surface area (Å²) in [5.74, 6) is 5.36. The van der Waals surface area contributed by atoms with Gasteiger partial charge in [-0.25, -0.2) is 14.3 Å². The molecule has 1 saturated heterocycles. The number of sulfone groups is 1. The Bertz CT molecular complexity index is 271. The van der Waals surface area contributed by atoms with Crippen LogP contribution in [0.1, 0.15) is 33.1 Å². The summed E-state index contributed by atoms with van der Waals surface area (Å²) in [7, 11) is -3.00. The molecule has 1 atom stereocenters. The molecule has 0 saturated carbocycles. The van der Waals surface area contributed by atoms with Crippen LogP contribution in [0.4, 0.5) is 0 Å². The van der Waals surface area contributed by atoms with Crippen LogP contribution in [0.15, 0.2) is 0 Å². The van der Waals surface area contributed by atoms with Crippen LogP contribution in [0, 0.1) is 0 Å². The molecule has 0 aliphatic carbocycles. The van der Waals surface area contributed by atoms with Crippen LogP contribution in [0.25, 0.3) is 0 Å². The van der Waals surface area contributed by atoms with Crippen molar-refractivity contribution in [3.63, 3.8) is 0 Å². The Morgan fingerprint density at radius 2 is 2.00 bits per heavy atom. The molecule has 1 rings (SSSR count). The lowest BCUT2D eigenvalue weighted by Crippen LogP contribution is -2.48. The molecular formula is C8H17NO3S. The minimum atomic E-state index is -3.00. The van der Waals surface area contributed by atoms with Crippen molar-refractivity contribution in [3.05, 3.63) is 0 Å². The number of hydrogen-bond acceptors (Lipinski definition) is 4. The van der Waals surface area contributed by atoms with E-state index < -0.39 is 20.7 Å². The lowest BCUT2D eigenvalue weighted by Gasteiger charge is -2.34. The van der Waals surface area contributed by atoms with Crippen LogP contribution < -0.4 is 5.90 Å². The highest BCUT2D eigenvalue weighted by Gasteiger charge is 2.41. The molecule has 78 valence electrons. The van der Waals surface area contributed by atoms with Gasteiger partial charge >= 0.3 is 0 Å². The summed E-state index contributed by atoms with van der Waals surface area (Å²) >= 11 is 0. The second-order valence-electron chi connectivity index (χ2n) is 4.07. The van der Waals surface area contributed by atoms with Gasteiger partial charge in [-0.15, -0.1) is 0 Å². The van der Waals surface area contributed by atoms with Gasteiger partial charge in [0.05, 0.1) is 11.0 Å². The first-order chi connectivity index (χ1) is 5.90. The third-order valence-electron chi connectivity index (χ3n) is 2.66. The second-order valence-corrected chi connectivity index (χ2v) is 6.38. The Morgan fingerprint density at radius 3 is 2.46 bits per heavy atom. The summed E-state index contributed by atoms with van der Waals surface area (Å²) in [5.41, 5.74) is -0.765. The molecule has 0 aromatic rings. The van der Waals surface area contributed by atoms with E-state index in [0.717, 1.165) is 12.8 Å². The molecule has 0 radical (unpaired) electrons. The van der Waals surface area contributed by atoms with E-state index in [9.17, 15) is 8.42 Å². The Kier molecular flexibility index (Phi) is 2.99. The molecule has 1 aliphatic heterocycles. The minimum absolute atomic E-state index is 0.268. The van der Waals surface area contributed by atoms with Crippen molar-refractivity contribution in [1.29, 1.82) is 0 Å². The van der Waals surface area contributed by atoms with E-state index in [1.54, 1.807) is 13.8 Å². The van der Waals surface area contributed by atoms with Crippen LogP contribution >= 0.6 is 0 Å². The zero-order chi connectivity index (χ0) is 10.1. The smallest absolute Gasteiger partial charge is 0.156 e. The molecule has 0 amide bonds. The van der Waals surface area contributed by atoms with Crippen LogP contribution in [0.5, 0.6) is 0 Å². The minimum Gasteiger partial charge on any atom is -0.297 e. The van der Waals surface area contributed by atoms with Crippen molar-refractivity contribution in [1.82, 2.24) is 0 Å². The fraction of sp³-hybridized carbons (Fsp3) is 1.00. The van der Waals surface area contributed by atoms with Gasteiger partial charge in [0.2, 0.25) is 0 Å². The largest absolute Gasteiger partial charge is 0.297 e. The normalized spacial score (nSPS) is 28.7. The number of hydrogen-bond donors (Lipinski definition) is 1. The van der Waals surface area contributed by atoms with Crippen LogP contribution in [0.2, 0.25) is 0 Å². The maximum absolute atomic E-state index is 11.7. The van der Waals surface area contributed by atoms with Gasteiger partial charge in [-0.1, -0.05) is 6.42 Å². The van der Waals surface area contributed by atoms with Crippen LogP contribution in [0.3, 0.4) is 0 Å². The summed E-state index contributed by atoms with van der Waals surface area (Å²) < 4.78 is 23.3. The standard InChI is InChI=1S/C8H17NO3S/c1-8(2,12-9)7-5-3-4-6-13(7,10)11/h7H,3-6,9H2,1-2H3. The van der Waals surface area contributed by atoms with Gasteiger partial charge in [0, 0.05) is 0 Å². The van der Waals surface area contributed by atoms with Gasteiger partial charge in [-0.05, 0) is 26.7 Å². The predicted octanol–water partition coefficient (Wildman–Crippen LogP) is 0.623. The first-order valence-electron chi connectivity index (χ1n) is 4.49. The highest BCUT2D eigenvalue weighted by Crippen LogP contribution is 2.29. The molecule has 0 aromatic carbocycles. The van der Waals surface area contributed by atoms with Crippen molar-refractivity contribution in [2.24, 2.45) is 5.90 Å². The van der Waals surface area contributed by atoms with Gasteiger partial charge in [0.1, 0.15) is 5.60 Å². The van der Waals surface area contributed by atoms with E-state index in [1.165, 1.54) is 0 Å². The van der Waals surface area contributed by atoms with E-state index in [-0.39, 0.29) is 5.75 Å². The lowest BCUT2D eigenvalue weighted by atomic mass is 9.99. The maximum atomic E-state index is 11.7. The number of nitrogens with two attached hydrogens (primary N) is 1. The monoisotopic (exact) mass is 207 g/mol. The van der Waals surface area contributed by atoms with Crippen LogP contribution in [-0.4, -0.2) is 25.0 Å². The zero-order valence-electron chi connectivity index (χ0n) is 8.12. The highest BCUT2D eigenvalue weighted by atomic mass is 32.2. The molecule has 0 spiro atoms. The molecule has 1 fully saturated rings. The van der Waals surface area contributed by atoms with Crippen molar-refractivity contribution in [3.8, 4) is 0 Å². The molecule has 1 aliphatic rings. The first kappa shape index (κ1) is 10.9. The van der Waals surface area contributed by atoms with E-state index in [2.05, 4.69) is 0 Å². The van der Waals surface area contributed by atoms with Gasteiger partial charge in [0.15, 0.2) is 9.84 Å². The molecule has 1 unspecified atom stereocenters. The average Bonchev–Trinajstić information content (AvgIpc) is 2.03. The molecule has 1 heterocycles. The fourth-order valence-corrected chi connectivity index (χ4v) is 4.15. The molecule has 5 heteroatoms. The lowest BCUT2D eigenvalue weighted by molar-refractivity contribution is -0.0246. The molecule has 4 nitrogen and oxygen atoms in total. The van der Waals surface area contributed by atoms with Gasteiger partial charge < -0.3 is 0 Å². The molecule has 0 aromatic heterocycles. The summed E-state index contributed by atoms with van der Waals surface area (Å²) in [6.07, 6.45) is 2.36. The first-order valence-corrected chi connectivity index (χ1v) is 6.21. The molecule has 2 N–H and O–H groups in total. The average molecular weight is 207 g/mol. The Hall–Kier alpha value is -0.130. The summed E-state index contributed by atoms with van der Waals surface area (Å²) in [5, 5.41) is -0.446. The van der Waals surface area contributed by atoms with Crippen molar-refractivity contribution in [2.45, 2.75) is 44.0 Å². The summed E-state index contributed by atoms with van der Waals surface area (Å²) in [4.78, 5) is 4.73. The van der Waals surface area contributed by atoms with Crippen LogP contribution in [-0.2, 0) is 14.7 Å². The van der Waals surface area contributed by atoms with Crippen molar-refractivity contribution in [2.75, 3.05) is 5.75 Å². The van der Waals surface area contributed by atoms with Gasteiger partial charge in [-0.2, -0.15) is 0 Å². The second kappa shape index (κ2) is 3.55. The highest BCUT2D eigenvalue weighted by molar-refractivity contribution is 7.92. The van der Waals surface area contributed by atoms with E-state index in [0.29, 0.717) is 6.42 Å². The topological polar surface area (TPSA) is 69.4 Å². The Labute approximate surface area is 79.3 Å². The third kappa shape index (κ3) is 2.21. The Balaban J connectivity index is 2.89. The van der Waals surface area contributed by atoms with Crippen molar-refractivity contribution < 1.29 is 13.3 Å². The molecule has 13 heavy (non-hydrogen) atoms. The SMILES string of the molecule is CC(C)(ON)C1CCCCS1(=O)=O.